The van der Waals surface area contributed by atoms with Gasteiger partial charge in [-0.25, -0.2) is 18.0 Å². The van der Waals surface area contributed by atoms with E-state index in [1.54, 1.807) is 0 Å². The van der Waals surface area contributed by atoms with Gasteiger partial charge in [-0.1, -0.05) is 6.08 Å². The average molecular weight is 680 g/mol. The number of alkyl halides is 15. The molecule has 0 aliphatic heterocycles. The third-order valence-electron chi connectivity index (χ3n) is 4.71. The van der Waals surface area contributed by atoms with Crippen LogP contribution in [0.5, 0.6) is 5.75 Å². The number of benzene rings is 1. The molecule has 24 heteroatoms. The third-order valence-corrected chi connectivity index (χ3v) is 4.71. The molecule has 0 aromatic heterocycles. The lowest BCUT2D eigenvalue weighted by Crippen LogP contribution is -2.72. The Bertz CT molecular complexity index is 1310. The lowest BCUT2D eigenvalue weighted by molar-refractivity contribution is -0.451. The zero-order chi connectivity index (χ0) is 34.5. The van der Waals surface area contributed by atoms with Crippen molar-refractivity contribution in [3.63, 3.8) is 0 Å². The Hall–Kier alpha value is -3.50. The Labute approximate surface area is 221 Å². The first-order valence-electron chi connectivity index (χ1n) is 9.68. The summed E-state index contributed by atoms with van der Waals surface area (Å²) in [7, 11) is 0. The van der Waals surface area contributed by atoms with Crippen LogP contribution in [0, 0.1) is 23.3 Å². The Kier molecular flexibility index (Phi) is 9.78. The van der Waals surface area contributed by atoms with Gasteiger partial charge >= 0.3 is 53.7 Å². The second-order valence-corrected chi connectivity index (χ2v) is 7.47. The monoisotopic (exact) mass is 680 g/mol. The molecule has 0 atom stereocenters. The van der Waals surface area contributed by atoms with Gasteiger partial charge in [0.1, 0.15) is 5.56 Å². The molecule has 0 heterocycles. The Morgan fingerprint density at radius 1 is 0.605 bits per heavy atom. The van der Waals surface area contributed by atoms with E-state index in [0.717, 1.165) is 13.0 Å². The highest BCUT2D eigenvalue weighted by Gasteiger charge is 2.93. The van der Waals surface area contributed by atoms with E-state index in [9.17, 15) is 97.0 Å². The molecule has 0 unspecified atom stereocenters. The highest BCUT2D eigenvalue weighted by atomic mass is 19.4. The molecule has 0 fully saturated rings. The fourth-order valence-electron chi connectivity index (χ4n) is 2.44. The molecule has 0 spiro atoms. The van der Waals surface area contributed by atoms with E-state index in [-0.39, 0.29) is 6.26 Å². The molecule has 3 nitrogen and oxygen atoms in total. The average Bonchev–Trinajstić information content (AvgIpc) is 2.87. The Morgan fingerprint density at radius 3 is 1.42 bits per heavy atom. The number of carbonyl (C=O) groups excluding carboxylic acids is 1. The second kappa shape index (κ2) is 11.2. The van der Waals surface area contributed by atoms with Crippen LogP contribution >= 0.6 is 0 Å². The van der Waals surface area contributed by atoms with Gasteiger partial charge in [0.2, 0.25) is 17.5 Å². The maximum absolute atomic E-state index is 14.0. The highest BCUT2D eigenvalue weighted by molar-refractivity contribution is 5.93. The molecule has 0 N–H and O–H groups in total. The van der Waals surface area contributed by atoms with Crippen molar-refractivity contribution in [2.75, 3.05) is 0 Å². The highest BCUT2D eigenvalue weighted by Crippen LogP contribution is 2.63. The van der Waals surface area contributed by atoms with Crippen LogP contribution in [0.25, 0.3) is 0 Å². The molecule has 0 amide bonds. The van der Waals surface area contributed by atoms with Crippen molar-refractivity contribution in [2.45, 2.75) is 48.6 Å². The van der Waals surface area contributed by atoms with Crippen LogP contribution in [0.2, 0.25) is 0 Å². The molecule has 0 saturated heterocycles. The molecular weight excluding hydrogens is 675 g/mol. The predicted molar refractivity (Wildman–Crippen MR) is 92.1 cm³/mol. The van der Waals surface area contributed by atoms with E-state index in [1.165, 1.54) is 0 Å². The number of esters is 1. The quantitative estimate of drug-likeness (QED) is 0.0816. The zero-order valence-corrected chi connectivity index (χ0v) is 19.3. The smallest absolute Gasteiger partial charge is 0.431 e. The summed E-state index contributed by atoms with van der Waals surface area (Å²) in [5.74, 6) is -74.5. The molecule has 1 aromatic carbocycles. The van der Waals surface area contributed by atoms with Gasteiger partial charge in [0, 0.05) is 0 Å². The fourth-order valence-corrected chi connectivity index (χ4v) is 2.44. The Balaban J connectivity index is 3.87. The van der Waals surface area contributed by atoms with Crippen molar-refractivity contribution in [1.82, 2.24) is 0 Å². The minimum Gasteiger partial charge on any atom is -0.431 e. The van der Waals surface area contributed by atoms with E-state index >= 15 is 0 Å². The molecule has 0 saturated carbocycles. The standard InChI is InChI=1S/C19H5F21O3/c1-2-3-42-12(41)4-5(20)6(21)7(22)8(23)9(4)43-11(25)10(24)13(26,27)14(28,29)15(30,31)16(32,33)17(34,35)18(36,37)19(38,39)40/h2-3H,1H3. The lowest BCUT2D eigenvalue weighted by atomic mass is 9.91. The number of rotatable bonds is 10. The molecule has 1 rings (SSSR count). The van der Waals surface area contributed by atoms with Gasteiger partial charge < -0.3 is 9.47 Å². The van der Waals surface area contributed by atoms with Crippen LogP contribution in [0.1, 0.15) is 17.3 Å². The SMILES string of the molecule is CC=COC(=O)c1c(F)c(F)c(F)c(F)c1OC(F)=C(F)C(F)(F)C(F)(F)C(F)(F)C(F)(F)C(F)(F)C(F)(F)C(F)(F)F. The number of carbonyl (C=O) groups is 1. The van der Waals surface area contributed by atoms with E-state index in [0.29, 0.717) is 0 Å². The first-order valence-corrected chi connectivity index (χ1v) is 9.68. The first kappa shape index (κ1) is 37.5. The number of ether oxygens (including phenoxy) is 2. The number of hydrogen-bond donors (Lipinski definition) is 0. The molecule has 43 heavy (non-hydrogen) atoms. The minimum atomic E-state index is -8.90. The summed E-state index contributed by atoms with van der Waals surface area (Å²) in [6.45, 7) is 1.01. The van der Waals surface area contributed by atoms with E-state index in [2.05, 4.69) is 9.47 Å². The van der Waals surface area contributed by atoms with E-state index < -0.39 is 94.1 Å². The van der Waals surface area contributed by atoms with Gasteiger partial charge in [-0.15, -0.1) is 0 Å². The van der Waals surface area contributed by atoms with Crippen LogP contribution < -0.4 is 4.74 Å². The van der Waals surface area contributed by atoms with Crippen LogP contribution in [0.4, 0.5) is 92.2 Å². The largest absolute Gasteiger partial charge is 0.460 e. The van der Waals surface area contributed by atoms with Crippen molar-refractivity contribution in [2.24, 2.45) is 0 Å². The molecule has 1 aromatic rings. The third kappa shape index (κ3) is 5.51. The number of allylic oxidation sites excluding steroid dienone is 2. The lowest BCUT2D eigenvalue weighted by Gasteiger charge is -2.41. The molecule has 0 aliphatic carbocycles. The first-order chi connectivity index (χ1) is 18.9. The maximum atomic E-state index is 14.0. The summed E-state index contributed by atoms with van der Waals surface area (Å²) < 4.78 is 287. The Morgan fingerprint density at radius 2 is 1.00 bits per heavy atom. The summed E-state index contributed by atoms with van der Waals surface area (Å²) in [5, 5.41) is 0. The molecule has 0 aliphatic rings. The number of halogens is 21. The summed E-state index contributed by atoms with van der Waals surface area (Å²) in [4.78, 5) is 11.7. The van der Waals surface area contributed by atoms with Crippen LogP contribution in [-0.4, -0.2) is 47.7 Å². The maximum Gasteiger partial charge on any atom is 0.460 e. The topological polar surface area (TPSA) is 35.5 Å². The van der Waals surface area contributed by atoms with Crippen molar-refractivity contribution >= 4 is 5.97 Å². The molecular formula is C19H5F21O3. The van der Waals surface area contributed by atoms with Crippen LogP contribution in [0.3, 0.4) is 0 Å². The fraction of sp³-hybridized carbons (Fsp3) is 0.421. The van der Waals surface area contributed by atoms with E-state index in [4.69, 9.17) is 0 Å². The normalized spacial score (nSPS) is 15.1. The van der Waals surface area contributed by atoms with Gasteiger partial charge in [0.15, 0.2) is 17.4 Å². The predicted octanol–water partition coefficient (Wildman–Crippen LogP) is 8.79. The van der Waals surface area contributed by atoms with Gasteiger partial charge in [0.05, 0.1) is 6.26 Å². The number of hydrogen-bond acceptors (Lipinski definition) is 3. The van der Waals surface area contributed by atoms with Gasteiger partial charge in [-0.2, -0.15) is 79.0 Å². The van der Waals surface area contributed by atoms with Crippen molar-refractivity contribution in [1.29, 1.82) is 0 Å². The summed E-state index contributed by atoms with van der Waals surface area (Å²) in [6, 6.07) is -4.36. The molecule has 0 bridgehead atoms. The van der Waals surface area contributed by atoms with E-state index in [1.807, 2.05) is 0 Å². The minimum absolute atomic E-state index is 0.201. The second-order valence-electron chi connectivity index (χ2n) is 7.47. The van der Waals surface area contributed by atoms with Crippen molar-refractivity contribution in [3.05, 3.63) is 53.0 Å². The summed E-state index contributed by atoms with van der Waals surface area (Å²) in [6.07, 6.45) is -7.03. The van der Waals surface area contributed by atoms with Crippen molar-refractivity contribution in [3.8, 4) is 5.75 Å². The summed E-state index contributed by atoms with van der Waals surface area (Å²) >= 11 is 0. The van der Waals surface area contributed by atoms with Crippen LogP contribution in [0.15, 0.2) is 24.2 Å². The zero-order valence-electron chi connectivity index (χ0n) is 19.3. The van der Waals surface area contributed by atoms with Crippen molar-refractivity contribution < 1.29 is 106 Å². The molecule has 0 radical (unpaired) electrons. The molecule has 246 valence electrons. The van der Waals surface area contributed by atoms with Gasteiger partial charge in [-0.3, -0.25) is 0 Å². The van der Waals surface area contributed by atoms with Gasteiger partial charge in [0.25, 0.3) is 0 Å². The van der Waals surface area contributed by atoms with Crippen LogP contribution in [-0.2, 0) is 4.74 Å². The summed E-state index contributed by atoms with van der Waals surface area (Å²) in [5.41, 5.74) is -2.56. The van der Waals surface area contributed by atoms with Gasteiger partial charge in [-0.05, 0) is 6.92 Å².